The molecule has 0 radical (unpaired) electrons. The molecule has 226 valence electrons. The van der Waals surface area contributed by atoms with Gasteiger partial charge in [-0.1, -0.05) is 31.5 Å². The molecule has 4 aromatic rings. The molecule has 1 aromatic heterocycles. The molecule has 0 aliphatic carbocycles. The number of carbonyl (C=O) groups is 1. The van der Waals surface area contributed by atoms with Crippen LogP contribution in [-0.4, -0.2) is 44.9 Å². The summed E-state index contributed by atoms with van der Waals surface area (Å²) in [5.41, 5.74) is 4.79. The van der Waals surface area contributed by atoms with Gasteiger partial charge in [-0.2, -0.15) is 0 Å². The van der Waals surface area contributed by atoms with Crippen LogP contribution in [0.1, 0.15) is 43.6 Å². The molecule has 9 heteroatoms. The number of benzene rings is 3. The SMILES string of the molecule is CCCCOCCOc1ccc(-c2ccc(O)c(/C=C/C(=O)Nc3ccc([S+]([O-])Cc4c(C)ncn4CC)cc3)c2)cc1. The molecule has 1 unspecified atom stereocenters. The van der Waals surface area contributed by atoms with Gasteiger partial charge in [-0.3, -0.25) is 4.79 Å². The molecule has 0 bridgehead atoms. The number of hydrogen-bond donors (Lipinski definition) is 2. The van der Waals surface area contributed by atoms with Crippen LogP contribution in [0.2, 0.25) is 0 Å². The van der Waals surface area contributed by atoms with E-state index in [2.05, 4.69) is 17.2 Å². The van der Waals surface area contributed by atoms with Gasteiger partial charge in [0.05, 0.1) is 24.3 Å². The quantitative estimate of drug-likeness (QED) is 0.0888. The maximum atomic E-state index is 12.9. The zero-order chi connectivity index (χ0) is 30.6. The van der Waals surface area contributed by atoms with E-state index in [0.29, 0.717) is 35.1 Å². The Morgan fingerprint density at radius 3 is 2.49 bits per heavy atom. The molecule has 1 amide bonds. The summed E-state index contributed by atoms with van der Waals surface area (Å²) in [5, 5.41) is 13.2. The number of aromatic hydroxyl groups is 1. The predicted molar refractivity (Wildman–Crippen MR) is 172 cm³/mol. The minimum absolute atomic E-state index is 0.0716. The number of aryl methyl sites for hydroxylation is 2. The molecule has 0 saturated carbocycles. The lowest BCUT2D eigenvalue weighted by Crippen LogP contribution is -2.11. The summed E-state index contributed by atoms with van der Waals surface area (Å²) in [7, 11) is 0. The lowest BCUT2D eigenvalue weighted by Gasteiger charge is -2.13. The topological polar surface area (TPSA) is 109 Å². The molecule has 4 rings (SSSR count). The number of phenols is 1. The molecule has 2 N–H and O–H groups in total. The molecule has 0 aliphatic heterocycles. The van der Waals surface area contributed by atoms with Gasteiger partial charge in [0.25, 0.3) is 0 Å². The number of phenolic OH excluding ortho intramolecular Hbond substituents is 1. The molecule has 1 heterocycles. The lowest BCUT2D eigenvalue weighted by molar-refractivity contribution is -0.111. The number of hydrogen-bond acceptors (Lipinski definition) is 6. The van der Waals surface area contributed by atoms with Gasteiger partial charge in [0.15, 0.2) is 10.6 Å². The van der Waals surface area contributed by atoms with Gasteiger partial charge in [0.2, 0.25) is 5.91 Å². The average molecular weight is 602 g/mol. The van der Waals surface area contributed by atoms with Gasteiger partial charge in [-0.25, -0.2) is 4.98 Å². The van der Waals surface area contributed by atoms with Crippen molar-refractivity contribution in [3.8, 4) is 22.6 Å². The second-order valence-electron chi connectivity index (χ2n) is 10.0. The molecule has 1 atom stereocenters. The maximum absolute atomic E-state index is 12.9. The van der Waals surface area contributed by atoms with Crippen molar-refractivity contribution in [2.75, 3.05) is 25.1 Å². The highest BCUT2D eigenvalue weighted by atomic mass is 32.2. The summed E-state index contributed by atoms with van der Waals surface area (Å²) in [5.74, 6) is 0.865. The first kappa shape index (κ1) is 31.9. The van der Waals surface area contributed by atoms with Gasteiger partial charge < -0.3 is 29.0 Å². The molecule has 0 saturated heterocycles. The van der Waals surface area contributed by atoms with E-state index < -0.39 is 11.2 Å². The summed E-state index contributed by atoms with van der Waals surface area (Å²) in [4.78, 5) is 17.6. The Morgan fingerprint density at radius 1 is 1.02 bits per heavy atom. The van der Waals surface area contributed by atoms with Crippen LogP contribution in [0.15, 0.2) is 84.0 Å². The van der Waals surface area contributed by atoms with Crippen molar-refractivity contribution in [1.82, 2.24) is 9.55 Å². The number of aromatic nitrogens is 2. The second kappa shape index (κ2) is 16.0. The number of ether oxygens (including phenoxy) is 2. The van der Waals surface area contributed by atoms with Crippen LogP contribution in [0.25, 0.3) is 17.2 Å². The van der Waals surface area contributed by atoms with E-state index in [0.717, 1.165) is 54.3 Å². The summed E-state index contributed by atoms with van der Waals surface area (Å²) >= 11 is -1.24. The van der Waals surface area contributed by atoms with E-state index in [1.54, 1.807) is 42.7 Å². The fraction of sp³-hybridized carbons (Fsp3) is 0.294. The van der Waals surface area contributed by atoms with Crippen molar-refractivity contribution in [2.45, 2.75) is 50.8 Å². The fourth-order valence-electron chi connectivity index (χ4n) is 4.39. The van der Waals surface area contributed by atoms with Crippen LogP contribution < -0.4 is 10.1 Å². The first-order valence-electron chi connectivity index (χ1n) is 14.5. The van der Waals surface area contributed by atoms with Crippen LogP contribution in [0.3, 0.4) is 0 Å². The predicted octanol–water partition coefficient (Wildman–Crippen LogP) is 6.74. The highest BCUT2D eigenvalue weighted by Gasteiger charge is 2.17. The van der Waals surface area contributed by atoms with Crippen LogP contribution in [-0.2, 0) is 33.0 Å². The lowest BCUT2D eigenvalue weighted by atomic mass is 10.0. The van der Waals surface area contributed by atoms with E-state index in [4.69, 9.17) is 9.47 Å². The monoisotopic (exact) mass is 601 g/mol. The Labute approximate surface area is 256 Å². The number of amides is 1. The Hall–Kier alpha value is -4.05. The van der Waals surface area contributed by atoms with Crippen molar-refractivity contribution in [2.24, 2.45) is 0 Å². The van der Waals surface area contributed by atoms with E-state index >= 15 is 0 Å². The normalized spacial score (nSPS) is 12.0. The van der Waals surface area contributed by atoms with E-state index in [1.807, 2.05) is 54.8 Å². The number of nitrogens with one attached hydrogen (secondary N) is 1. The summed E-state index contributed by atoms with van der Waals surface area (Å²) in [6.45, 7) is 8.65. The summed E-state index contributed by atoms with van der Waals surface area (Å²) < 4.78 is 26.2. The second-order valence-corrected chi connectivity index (χ2v) is 11.5. The first-order chi connectivity index (χ1) is 20.9. The number of imidazole rings is 1. The minimum Gasteiger partial charge on any atom is -0.611 e. The highest BCUT2D eigenvalue weighted by molar-refractivity contribution is 7.90. The third-order valence-electron chi connectivity index (χ3n) is 6.92. The molecule has 0 spiro atoms. The van der Waals surface area contributed by atoms with Gasteiger partial charge in [0.1, 0.15) is 18.1 Å². The van der Waals surface area contributed by atoms with E-state index in [1.165, 1.54) is 6.08 Å². The average Bonchev–Trinajstić information content (AvgIpc) is 3.37. The molecule has 8 nitrogen and oxygen atoms in total. The summed E-state index contributed by atoms with van der Waals surface area (Å²) in [6.07, 6.45) is 6.88. The molecule has 43 heavy (non-hydrogen) atoms. The van der Waals surface area contributed by atoms with Crippen molar-refractivity contribution in [3.05, 3.63) is 96.1 Å². The Balaban J connectivity index is 1.32. The molecular weight excluding hydrogens is 562 g/mol. The largest absolute Gasteiger partial charge is 0.611 e. The van der Waals surface area contributed by atoms with Crippen LogP contribution in [0.4, 0.5) is 5.69 Å². The first-order valence-corrected chi connectivity index (χ1v) is 15.8. The highest BCUT2D eigenvalue weighted by Crippen LogP contribution is 2.28. The molecular formula is C34H39N3O5S. The Kier molecular flexibility index (Phi) is 11.8. The van der Waals surface area contributed by atoms with Gasteiger partial charge >= 0.3 is 0 Å². The minimum atomic E-state index is -1.24. The molecule has 3 aromatic carbocycles. The van der Waals surface area contributed by atoms with Crippen LogP contribution >= 0.6 is 0 Å². The summed E-state index contributed by atoms with van der Waals surface area (Å²) in [6, 6.07) is 19.9. The Morgan fingerprint density at radius 2 is 1.77 bits per heavy atom. The van der Waals surface area contributed by atoms with Crippen molar-refractivity contribution in [3.63, 3.8) is 0 Å². The smallest absolute Gasteiger partial charge is 0.248 e. The number of carbonyl (C=O) groups excluding carboxylic acids is 1. The van der Waals surface area contributed by atoms with Crippen LogP contribution in [0.5, 0.6) is 11.5 Å². The van der Waals surface area contributed by atoms with Crippen molar-refractivity contribution < 1.29 is 23.9 Å². The van der Waals surface area contributed by atoms with Crippen LogP contribution in [0, 0.1) is 6.92 Å². The third-order valence-corrected chi connectivity index (χ3v) is 8.25. The van der Waals surface area contributed by atoms with E-state index in [-0.39, 0.29) is 11.7 Å². The Bertz CT molecular complexity index is 1500. The number of anilines is 1. The third kappa shape index (κ3) is 9.22. The van der Waals surface area contributed by atoms with Gasteiger partial charge in [-0.05, 0) is 97.2 Å². The number of rotatable bonds is 15. The number of nitrogens with zero attached hydrogens (tertiary/aromatic N) is 2. The fourth-order valence-corrected chi connectivity index (χ4v) is 5.62. The zero-order valence-electron chi connectivity index (χ0n) is 24.9. The van der Waals surface area contributed by atoms with Gasteiger partial charge in [0, 0.05) is 30.5 Å². The molecule has 0 aliphatic rings. The van der Waals surface area contributed by atoms with Gasteiger partial charge in [-0.15, -0.1) is 0 Å². The van der Waals surface area contributed by atoms with Crippen molar-refractivity contribution in [1.29, 1.82) is 0 Å². The van der Waals surface area contributed by atoms with E-state index in [9.17, 15) is 14.5 Å². The zero-order valence-corrected chi connectivity index (χ0v) is 25.7. The standard InChI is InChI=1S/C34H39N3O5S/c1-4-6-19-41-20-21-42-30-13-7-26(8-14-30)27-9-17-33(38)28(22-27)10-18-34(39)36-29-11-15-31(16-12-29)43(40)23-32-25(3)35-24-37(32)5-2/h7-18,22,24,38H,4-6,19-21,23H2,1-3H3,(H,36,39)/b18-10+. The van der Waals surface area contributed by atoms with Crippen molar-refractivity contribution >= 4 is 28.8 Å². The number of unbranched alkanes of at least 4 members (excludes halogenated alkanes) is 1. The molecule has 0 fully saturated rings. The maximum Gasteiger partial charge on any atom is 0.248 e.